The Hall–Kier alpha value is -1.01. The minimum Gasteiger partial charge on any atom is -0.335 e. The second-order valence-electron chi connectivity index (χ2n) is 7.57. The molecule has 0 bridgehead atoms. The van der Waals surface area contributed by atoms with E-state index in [4.69, 9.17) is 0 Å². The Balaban J connectivity index is 1.63. The maximum atomic E-state index is 13.0. The number of nitrogens with zero attached hydrogens (tertiary/aromatic N) is 1. The third-order valence-corrected chi connectivity index (χ3v) is 8.32. The number of amides is 1. The molecule has 1 atom stereocenters. The second kappa shape index (κ2) is 8.79. The second-order valence-corrected chi connectivity index (χ2v) is 10.8. The van der Waals surface area contributed by atoms with E-state index in [2.05, 4.69) is 19.1 Å². The van der Waals surface area contributed by atoms with Gasteiger partial charge in [-0.2, -0.15) is 0 Å². The fourth-order valence-electron chi connectivity index (χ4n) is 4.15. The monoisotopic (exact) mass is 395 g/mol. The molecule has 1 saturated carbocycles. The summed E-state index contributed by atoms with van der Waals surface area (Å²) < 4.78 is 23.9. The van der Waals surface area contributed by atoms with Gasteiger partial charge in [-0.1, -0.05) is 43.5 Å². The first kappa shape index (κ1) is 19.7. The van der Waals surface area contributed by atoms with Crippen LogP contribution in [0.2, 0.25) is 0 Å². The lowest BCUT2D eigenvalue weighted by molar-refractivity contribution is -0.133. The number of thioether (sulfide) groups is 1. The lowest BCUT2D eigenvalue weighted by Crippen LogP contribution is -2.49. The zero-order valence-corrected chi connectivity index (χ0v) is 17.2. The topological polar surface area (TPSA) is 54.5 Å². The lowest BCUT2D eigenvalue weighted by Gasteiger charge is -2.38. The third-order valence-electron chi connectivity index (χ3n) is 5.60. The fourth-order valence-corrected chi connectivity index (χ4v) is 6.84. The molecule has 0 N–H and O–H groups in total. The summed E-state index contributed by atoms with van der Waals surface area (Å²) in [6.07, 6.45) is 6.15. The Morgan fingerprint density at radius 3 is 2.50 bits per heavy atom. The first-order chi connectivity index (χ1) is 12.5. The van der Waals surface area contributed by atoms with Crippen LogP contribution in [-0.4, -0.2) is 48.6 Å². The van der Waals surface area contributed by atoms with Crippen molar-refractivity contribution >= 4 is 27.5 Å². The lowest BCUT2D eigenvalue weighted by atomic mass is 9.93. The van der Waals surface area contributed by atoms with Gasteiger partial charge in [-0.05, 0) is 37.3 Å². The van der Waals surface area contributed by atoms with Crippen molar-refractivity contribution < 1.29 is 13.2 Å². The smallest absolute Gasteiger partial charge is 0.233 e. The Kier molecular flexibility index (Phi) is 6.67. The van der Waals surface area contributed by atoms with Gasteiger partial charge in [0.05, 0.1) is 17.3 Å². The summed E-state index contributed by atoms with van der Waals surface area (Å²) in [5.41, 5.74) is 2.51. The van der Waals surface area contributed by atoms with E-state index in [0.29, 0.717) is 12.2 Å². The van der Waals surface area contributed by atoms with Gasteiger partial charge < -0.3 is 4.90 Å². The summed E-state index contributed by atoms with van der Waals surface area (Å²) in [4.78, 5) is 15.0. The van der Waals surface area contributed by atoms with E-state index >= 15 is 0 Å². The number of aryl methyl sites for hydroxylation is 1. The highest BCUT2D eigenvalue weighted by Crippen LogP contribution is 2.29. The molecule has 6 heteroatoms. The Bertz CT molecular complexity index is 726. The van der Waals surface area contributed by atoms with E-state index in [1.807, 2.05) is 17.0 Å². The molecule has 0 radical (unpaired) electrons. The predicted molar refractivity (Wildman–Crippen MR) is 108 cm³/mol. The zero-order chi connectivity index (χ0) is 18.6. The maximum absolute atomic E-state index is 13.0. The van der Waals surface area contributed by atoms with Crippen molar-refractivity contribution in [2.45, 2.75) is 63.3 Å². The first-order valence-corrected chi connectivity index (χ1v) is 12.6. The first-order valence-electron chi connectivity index (χ1n) is 9.60. The van der Waals surface area contributed by atoms with E-state index in [1.54, 1.807) is 11.8 Å². The molecule has 0 spiro atoms. The van der Waals surface area contributed by atoms with Crippen LogP contribution < -0.4 is 0 Å². The molecule has 144 valence electrons. The van der Waals surface area contributed by atoms with Crippen molar-refractivity contribution in [1.82, 2.24) is 4.90 Å². The van der Waals surface area contributed by atoms with E-state index in [-0.39, 0.29) is 29.5 Å². The van der Waals surface area contributed by atoms with Crippen LogP contribution in [0.15, 0.2) is 24.3 Å². The highest BCUT2D eigenvalue weighted by Gasteiger charge is 2.38. The number of carbonyl (C=O) groups is 1. The number of hydrogen-bond donors (Lipinski definition) is 0. The van der Waals surface area contributed by atoms with Gasteiger partial charge in [0.1, 0.15) is 0 Å². The molecule has 1 aliphatic heterocycles. The van der Waals surface area contributed by atoms with Crippen molar-refractivity contribution in [2.75, 3.05) is 17.3 Å². The highest BCUT2D eigenvalue weighted by atomic mass is 32.2. The molecule has 2 aliphatic rings. The Morgan fingerprint density at radius 1 is 1.12 bits per heavy atom. The fraction of sp³-hybridized carbons (Fsp3) is 0.650. The molecule has 1 aromatic carbocycles. The van der Waals surface area contributed by atoms with Crippen LogP contribution in [0.25, 0.3) is 0 Å². The van der Waals surface area contributed by atoms with Gasteiger partial charge in [-0.25, -0.2) is 8.42 Å². The number of benzene rings is 1. The van der Waals surface area contributed by atoms with Crippen LogP contribution in [0.4, 0.5) is 0 Å². The van der Waals surface area contributed by atoms with Gasteiger partial charge in [0.25, 0.3) is 0 Å². The molecular weight excluding hydrogens is 366 g/mol. The summed E-state index contributed by atoms with van der Waals surface area (Å²) >= 11 is 1.64. The van der Waals surface area contributed by atoms with Gasteiger partial charge in [0.2, 0.25) is 5.91 Å². The molecule has 1 saturated heterocycles. The van der Waals surface area contributed by atoms with Crippen LogP contribution in [-0.2, 0) is 20.4 Å². The van der Waals surface area contributed by atoms with E-state index < -0.39 is 9.84 Å². The van der Waals surface area contributed by atoms with Crippen molar-refractivity contribution in [3.8, 4) is 0 Å². The van der Waals surface area contributed by atoms with Crippen LogP contribution in [0, 0.1) is 6.92 Å². The van der Waals surface area contributed by atoms with Crippen molar-refractivity contribution in [3.05, 3.63) is 35.4 Å². The standard InChI is InChI=1S/C20H29NO3S2/c1-16-7-5-6-8-17(16)13-25-14-20(22)21(18-9-3-2-4-10-18)19-11-12-26(23,24)15-19/h5-8,18-19H,2-4,9-15H2,1H3. The summed E-state index contributed by atoms with van der Waals surface area (Å²) in [7, 11) is -2.98. The molecule has 4 nitrogen and oxygen atoms in total. The minimum absolute atomic E-state index is 0.116. The van der Waals surface area contributed by atoms with Crippen LogP contribution >= 0.6 is 11.8 Å². The van der Waals surface area contributed by atoms with E-state index in [9.17, 15) is 13.2 Å². The molecule has 3 rings (SSSR count). The SMILES string of the molecule is Cc1ccccc1CSCC(=O)N(C1CCCCC1)C1CCS(=O)(=O)C1. The van der Waals surface area contributed by atoms with Crippen molar-refractivity contribution in [1.29, 1.82) is 0 Å². The van der Waals surface area contributed by atoms with Gasteiger partial charge in [-0.15, -0.1) is 11.8 Å². The molecule has 2 fully saturated rings. The third kappa shape index (κ3) is 5.03. The number of hydrogen-bond acceptors (Lipinski definition) is 4. The molecule has 1 amide bonds. The van der Waals surface area contributed by atoms with Gasteiger partial charge in [-0.3, -0.25) is 4.79 Å². The molecule has 1 heterocycles. The number of carbonyl (C=O) groups excluding carboxylic acids is 1. The average Bonchev–Trinajstić information content (AvgIpc) is 2.97. The predicted octanol–water partition coefficient (Wildman–Crippen LogP) is 3.58. The maximum Gasteiger partial charge on any atom is 0.233 e. The summed E-state index contributed by atoms with van der Waals surface area (Å²) in [5, 5.41) is 0. The molecule has 1 aromatic rings. The summed E-state index contributed by atoms with van der Waals surface area (Å²) in [6.45, 7) is 2.09. The Labute approximate surface area is 161 Å². The van der Waals surface area contributed by atoms with Gasteiger partial charge in [0.15, 0.2) is 9.84 Å². The van der Waals surface area contributed by atoms with Crippen molar-refractivity contribution in [3.63, 3.8) is 0 Å². The van der Waals surface area contributed by atoms with Crippen molar-refractivity contribution in [2.24, 2.45) is 0 Å². The normalized spacial score (nSPS) is 23.0. The highest BCUT2D eigenvalue weighted by molar-refractivity contribution is 7.99. The van der Waals surface area contributed by atoms with Gasteiger partial charge in [0, 0.05) is 17.8 Å². The molecule has 26 heavy (non-hydrogen) atoms. The van der Waals surface area contributed by atoms with Gasteiger partial charge >= 0.3 is 0 Å². The zero-order valence-electron chi connectivity index (χ0n) is 15.5. The molecule has 1 unspecified atom stereocenters. The van der Waals surface area contributed by atoms with E-state index in [1.165, 1.54) is 17.5 Å². The number of sulfone groups is 1. The summed E-state index contributed by atoms with van der Waals surface area (Å²) in [5.74, 6) is 1.75. The van der Waals surface area contributed by atoms with Crippen LogP contribution in [0.1, 0.15) is 49.7 Å². The molecule has 1 aliphatic carbocycles. The Morgan fingerprint density at radius 2 is 1.85 bits per heavy atom. The largest absolute Gasteiger partial charge is 0.335 e. The average molecular weight is 396 g/mol. The quantitative estimate of drug-likeness (QED) is 0.739. The van der Waals surface area contributed by atoms with E-state index in [0.717, 1.165) is 31.4 Å². The number of rotatable bonds is 6. The minimum atomic E-state index is -2.98. The summed E-state index contributed by atoms with van der Waals surface area (Å²) in [6, 6.07) is 8.37. The van der Waals surface area contributed by atoms with Crippen LogP contribution in [0.3, 0.4) is 0 Å². The molecular formula is C20H29NO3S2. The van der Waals surface area contributed by atoms with Crippen LogP contribution in [0.5, 0.6) is 0 Å². The molecule has 0 aromatic heterocycles.